The summed E-state index contributed by atoms with van der Waals surface area (Å²) in [6.07, 6.45) is 4.10. The van der Waals surface area contributed by atoms with Crippen molar-refractivity contribution in [2.75, 3.05) is 5.32 Å². The molecule has 1 heterocycles. The first-order valence-corrected chi connectivity index (χ1v) is 8.88. The van der Waals surface area contributed by atoms with Crippen LogP contribution in [-0.4, -0.2) is 11.7 Å². The van der Waals surface area contributed by atoms with Crippen molar-refractivity contribution < 1.29 is 14.3 Å². The van der Waals surface area contributed by atoms with Crippen LogP contribution in [-0.2, 0) is 10.2 Å². The van der Waals surface area contributed by atoms with Gasteiger partial charge in [-0.1, -0.05) is 30.3 Å². The summed E-state index contributed by atoms with van der Waals surface area (Å²) in [5.74, 6) is 0.960. The van der Waals surface area contributed by atoms with Gasteiger partial charge in [0.05, 0.1) is 5.41 Å². The smallest absolute Gasteiger partial charge is 0.251 e. The highest BCUT2D eigenvalue weighted by Gasteiger charge is 2.44. The third-order valence-corrected chi connectivity index (χ3v) is 5.22. The van der Waals surface area contributed by atoms with Crippen LogP contribution in [0.1, 0.15) is 45.1 Å². The minimum absolute atomic E-state index is 0.0480. The van der Waals surface area contributed by atoms with Gasteiger partial charge in [0.25, 0.3) is 5.79 Å². The number of anilines is 1. The van der Waals surface area contributed by atoms with Crippen LogP contribution in [0.15, 0.2) is 48.5 Å². The highest BCUT2D eigenvalue weighted by Crippen LogP contribution is 2.47. The topological polar surface area (TPSA) is 47.6 Å². The molecule has 2 aromatic rings. The number of nitrogens with one attached hydrogen (secondary N) is 1. The van der Waals surface area contributed by atoms with Crippen LogP contribution in [0.25, 0.3) is 0 Å². The summed E-state index contributed by atoms with van der Waals surface area (Å²) in [6.45, 7) is 3.86. The highest BCUT2D eigenvalue weighted by molar-refractivity contribution is 5.98. The fourth-order valence-corrected chi connectivity index (χ4v) is 3.56. The van der Waals surface area contributed by atoms with E-state index in [9.17, 15) is 4.79 Å². The van der Waals surface area contributed by atoms with Crippen molar-refractivity contribution in [1.29, 1.82) is 0 Å². The second-order valence-electron chi connectivity index (χ2n) is 7.43. The molecule has 0 bridgehead atoms. The first-order valence-electron chi connectivity index (χ1n) is 8.88. The average molecular weight is 337 g/mol. The van der Waals surface area contributed by atoms with E-state index in [1.54, 1.807) is 0 Å². The molecule has 0 unspecified atom stereocenters. The molecule has 0 atom stereocenters. The van der Waals surface area contributed by atoms with Crippen molar-refractivity contribution in [2.45, 2.75) is 50.7 Å². The quantitative estimate of drug-likeness (QED) is 0.887. The molecule has 0 aromatic heterocycles. The number of ether oxygens (including phenoxy) is 2. The van der Waals surface area contributed by atoms with Gasteiger partial charge in [0.2, 0.25) is 5.91 Å². The van der Waals surface area contributed by atoms with Crippen molar-refractivity contribution in [3.63, 3.8) is 0 Å². The predicted octanol–water partition coefficient (Wildman–Crippen LogP) is 4.64. The summed E-state index contributed by atoms with van der Waals surface area (Å²) >= 11 is 0. The van der Waals surface area contributed by atoms with E-state index >= 15 is 0 Å². The Balaban J connectivity index is 1.52. The molecule has 2 aliphatic rings. The van der Waals surface area contributed by atoms with E-state index in [2.05, 4.69) is 5.32 Å². The van der Waals surface area contributed by atoms with Gasteiger partial charge < -0.3 is 14.8 Å². The minimum Gasteiger partial charge on any atom is -0.448 e. The number of hydrogen-bond acceptors (Lipinski definition) is 3. The lowest BCUT2D eigenvalue weighted by Crippen LogP contribution is -2.34. The average Bonchev–Trinajstić information content (AvgIpc) is 3.21. The zero-order valence-corrected chi connectivity index (χ0v) is 14.7. The fourth-order valence-electron chi connectivity index (χ4n) is 3.56. The Kier molecular flexibility index (Phi) is 3.71. The lowest BCUT2D eigenvalue weighted by atomic mass is 9.83. The summed E-state index contributed by atoms with van der Waals surface area (Å²) in [5, 5.41) is 3.01. The van der Waals surface area contributed by atoms with Crippen LogP contribution in [0.3, 0.4) is 0 Å². The molecule has 0 radical (unpaired) electrons. The largest absolute Gasteiger partial charge is 0.448 e. The van der Waals surface area contributed by atoms with Crippen LogP contribution in [0, 0.1) is 0 Å². The minimum atomic E-state index is -0.621. The summed E-state index contributed by atoms with van der Waals surface area (Å²) in [7, 11) is 0. The Hall–Kier alpha value is -2.49. The maximum absolute atomic E-state index is 12.8. The van der Waals surface area contributed by atoms with Crippen molar-refractivity contribution in [3.8, 4) is 11.5 Å². The molecule has 1 aliphatic heterocycles. The number of carbonyl (C=O) groups is 1. The molecule has 1 amide bonds. The zero-order chi connectivity index (χ0) is 17.5. The van der Waals surface area contributed by atoms with Gasteiger partial charge in [-0.2, -0.15) is 0 Å². The van der Waals surface area contributed by atoms with Crippen LogP contribution in [0.2, 0.25) is 0 Å². The zero-order valence-electron chi connectivity index (χ0n) is 14.7. The highest BCUT2D eigenvalue weighted by atomic mass is 16.7. The third kappa shape index (κ3) is 2.86. The van der Waals surface area contributed by atoms with Gasteiger partial charge in [0.1, 0.15) is 0 Å². The van der Waals surface area contributed by atoms with E-state index in [1.807, 2.05) is 62.4 Å². The lowest BCUT2D eigenvalue weighted by Gasteiger charge is -2.24. The summed E-state index contributed by atoms with van der Waals surface area (Å²) < 4.78 is 12.1. The molecule has 25 heavy (non-hydrogen) atoms. The Labute approximate surface area is 148 Å². The Morgan fingerprint density at radius 1 is 1.00 bits per heavy atom. The van der Waals surface area contributed by atoms with Gasteiger partial charge in [-0.3, -0.25) is 4.79 Å². The van der Waals surface area contributed by atoms with E-state index in [4.69, 9.17) is 9.47 Å². The maximum Gasteiger partial charge on any atom is 0.251 e. The van der Waals surface area contributed by atoms with E-state index in [0.29, 0.717) is 0 Å². The first-order chi connectivity index (χ1) is 12.0. The van der Waals surface area contributed by atoms with Crippen molar-refractivity contribution in [2.24, 2.45) is 0 Å². The number of hydrogen-bond donors (Lipinski definition) is 1. The first kappa shape index (κ1) is 16.0. The van der Waals surface area contributed by atoms with Crippen LogP contribution < -0.4 is 14.8 Å². The SMILES string of the molecule is CC(C)(C(=O)Nc1ccc2c(c1)OC1(CCCC1)O2)c1ccccc1. The van der Waals surface area contributed by atoms with Gasteiger partial charge in [0, 0.05) is 24.6 Å². The van der Waals surface area contributed by atoms with Gasteiger partial charge in [0.15, 0.2) is 11.5 Å². The number of fused-ring (bicyclic) bond motifs is 1. The molecule has 4 heteroatoms. The lowest BCUT2D eigenvalue weighted by molar-refractivity contribution is -0.120. The predicted molar refractivity (Wildman–Crippen MR) is 97.0 cm³/mol. The van der Waals surface area contributed by atoms with Crippen LogP contribution in [0.5, 0.6) is 11.5 Å². The Morgan fingerprint density at radius 2 is 1.68 bits per heavy atom. The summed E-state index contributed by atoms with van der Waals surface area (Å²) in [4.78, 5) is 12.8. The van der Waals surface area contributed by atoms with Gasteiger partial charge in [-0.05, 0) is 44.4 Å². The Morgan fingerprint density at radius 3 is 2.40 bits per heavy atom. The molecule has 130 valence electrons. The molecule has 4 rings (SSSR count). The summed E-state index contributed by atoms with van der Waals surface area (Å²) in [5.41, 5.74) is 1.09. The van der Waals surface area contributed by atoms with Gasteiger partial charge >= 0.3 is 0 Å². The molecule has 1 aliphatic carbocycles. The van der Waals surface area contributed by atoms with Gasteiger partial charge in [-0.15, -0.1) is 0 Å². The number of rotatable bonds is 3. The molecule has 1 saturated carbocycles. The molecule has 0 saturated heterocycles. The third-order valence-electron chi connectivity index (χ3n) is 5.22. The molecular formula is C21H23NO3. The number of carbonyl (C=O) groups excluding carboxylic acids is 1. The van der Waals surface area contributed by atoms with E-state index in [1.165, 1.54) is 0 Å². The normalized spacial score (nSPS) is 17.7. The van der Waals surface area contributed by atoms with Crippen molar-refractivity contribution >= 4 is 11.6 Å². The van der Waals surface area contributed by atoms with E-state index in [0.717, 1.165) is 48.4 Å². The standard InChI is InChI=1S/C21H23NO3/c1-20(2,15-8-4-3-5-9-15)19(23)22-16-10-11-17-18(14-16)25-21(24-17)12-6-7-13-21/h3-5,8-11,14H,6-7,12-13H2,1-2H3,(H,22,23). The van der Waals surface area contributed by atoms with Crippen molar-refractivity contribution in [3.05, 3.63) is 54.1 Å². The number of amides is 1. The van der Waals surface area contributed by atoms with Crippen LogP contribution in [0.4, 0.5) is 5.69 Å². The fraction of sp³-hybridized carbons (Fsp3) is 0.381. The van der Waals surface area contributed by atoms with Gasteiger partial charge in [-0.25, -0.2) is 0 Å². The molecule has 1 spiro atoms. The summed E-state index contributed by atoms with van der Waals surface area (Å²) in [6, 6.07) is 15.4. The van der Waals surface area contributed by atoms with Crippen LogP contribution >= 0.6 is 0 Å². The van der Waals surface area contributed by atoms with E-state index in [-0.39, 0.29) is 5.91 Å². The molecule has 1 N–H and O–H groups in total. The second kappa shape index (κ2) is 5.80. The monoisotopic (exact) mass is 337 g/mol. The molecular weight excluding hydrogens is 314 g/mol. The Bertz CT molecular complexity index is 792. The van der Waals surface area contributed by atoms with Crippen molar-refractivity contribution in [1.82, 2.24) is 0 Å². The molecule has 4 nitrogen and oxygen atoms in total. The second-order valence-corrected chi connectivity index (χ2v) is 7.43. The molecule has 1 fully saturated rings. The molecule has 2 aromatic carbocycles. The maximum atomic E-state index is 12.8. The number of benzene rings is 2. The van der Waals surface area contributed by atoms with E-state index < -0.39 is 11.2 Å².